The fourth-order valence-electron chi connectivity index (χ4n) is 3.59. The molecule has 2 atom stereocenters. The van der Waals surface area contributed by atoms with Crippen LogP contribution >= 0.6 is 11.3 Å². The first-order valence-electron chi connectivity index (χ1n) is 7.32. The van der Waals surface area contributed by atoms with Gasteiger partial charge in [-0.05, 0) is 38.8 Å². The van der Waals surface area contributed by atoms with Crippen molar-refractivity contribution in [3.63, 3.8) is 0 Å². The van der Waals surface area contributed by atoms with Crippen LogP contribution in [0.4, 0.5) is 5.00 Å². The van der Waals surface area contributed by atoms with Crippen LogP contribution in [0.1, 0.15) is 37.0 Å². The normalized spacial score (nSPS) is 30.4. The first-order chi connectivity index (χ1) is 9.63. The second kappa shape index (κ2) is 5.79. The summed E-state index contributed by atoms with van der Waals surface area (Å²) in [7, 11) is 2.26. The summed E-state index contributed by atoms with van der Waals surface area (Å²) < 4.78 is 0. The molecule has 2 aliphatic heterocycles. The Labute approximate surface area is 123 Å². The van der Waals surface area contributed by atoms with Crippen LogP contribution in [-0.2, 0) is 6.54 Å². The van der Waals surface area contributed by atoms with E-state index in [1.54, 1.807) is 6.07 Å². The monoisotopic (exact) mass is 295 g/mol. The average molecular weight is 295 g/mol. The predicted molar refractivity (Wildman–Crippen MR) is 80.0 cm³/mol. The number of rotatable bonds is 4. The van der Waals surface area contributed by atoms with E-state index in [2.05, 4.69) is 17.3 Å². The van der Waals surface area contributed by atoms with Crippen molar-refractivity contribution >= 4 is 16.3 Å². The highest BCUT2D eigenvalue weighted by Crippen LogP contribution is 2.33. The van der Waals surface area contributed by atoms with E-state index in [0.717, 1.165) is 23.5 Å². The third-order valence-corrected chi connectivity index (χ3v) is 5.77. The van der Waals surface area contributed by atoms with Gasteiger partial charge >= 0.3 is 5.00 Å². The standard InChI is InChI=1S/C14H21N3O2S/c1-16-11-3-2-4-12(16)8-10(7-11)15-9-13-5-6-14(20-13)17(18)19/h5-6,10-12,15H,2-4,7-9H2,1H3. The Kier molecular flexibility index (Phi) is 4.05. The second-order valence-electron chi connectivity index (χ2n) is 5.95. The van der Waals surface area contributed by atoms with Crippen molar-refractivity contribution in [2.75, 3.05) is 7.05 Å². The largest absolute Gasteiger partial charge is 0.324 e. The van der Waals surface area contributed by atoms with Gasteiger partial charge in [0.2, 0.25) is 0 Å². The molecule has 0 aromatic carbocycles. The Morgan fingerprint density at radius 2 is 2.10 bits per heavy atom. The van der Waals surface area contributed by atoms with Crippen LogP contribution in [0, 0.1) is 10.1 Å². The van der Waals surface area contributed by atoms with Gasteiger partial charge in [0.25, 0.3) is 0 Å². The van der Waals surface area contributed by atoms with Gasteiger partial charge in [0, 0.05) is 35.6 Å². The molecule has 2 saturated heterocycles. The van der Waals surface area contributed by atoms with Gasteiger partial charge in [-0.15, -0.1) is 0 Å². The highest BCUT2D eigenvalue weighted by Gasteiger charge is 2.35. The Hall–Kier alpha value is -0.980. The number of thiophene rings is 1. The first kappa shape index (κ1) is 14.0. The first-order valence-corrected chi connectivity index (χ1v) is 8.13. The Morgan fingerprint density at radius 1 is 1.40 bits per heavy atom. The van der Waals surface area contributed by atoms with E-state index >= 15 is 0 Å². The summed E-state index contributed by atoms with van der Waals surface area (Å²) in [5, 5.41) is 14.5. The van der Waals surface area contributed by atoms with E-state index in [-0.39, 0.29) is 9.92 Å². The van der Waals surface area contributed by atoms with Crippen molar-refractivity contribution < 1.29 is 4.92 Å². The highest BCUT2D eigenvalue weighted by atomic mass is 32.1. The summed E-state index contributed by atoms with van der Waals surface area (Å²) in [5.74, 6) is 0. The summed E-state index contributed by atoms with van der Waals surface area (Å²) in [5.41, 5.74) is 0. The zero-order chi connectivity index (χ0) is 14.1. The van der Waals surface area contributed by atoms with Gasteiger partial charge in [0.15, 0.2) is 0 Å². The van der Waals surface area contributed by atoms with Crippen molar-refractivity contribution in [1.29, 1.82) is 0 Å². The number of hydrogen-bond acceptors (Lipinski definition) is 5. The minimum Gasteiger partial charge on any atom is -0.309 e. The summed E-state index contributed by atoms with van der Waals surface area (Å²) in [6.07, 6.45) is 6.41. The van der Waals surface area contributed by atoms with Crippen LogP contribution in [0.3, 0.4) is 0 Å². The molecule has 2 unspecified atom stereocenters. The second-order valence-corrected chi connectivity index (χ2v) is 7.10. The van der Waals surface area contributed by atoms with E-state index in [4.69, 9.17) is 0 Å². The van der Waals surface area contributed by atoms with Crippen LogP contribution in [0.5, 0.6) is 0 Å². The molecule has 1 aromatic heterocycles. The maximum absolute atomic E-state index is 10.7. The average Bonchev–Trinajstić information content (AvgIpc) is 2.86. The minimum atomic E-state index is -0.311. The molecule has 2 fully saturated rings. The maximum Gasteiger partial charge on any atom is 0.324 e. The fraction of sp³-hybridized carbons (Fsp3) is 0.714. The van der Waals surface area contributed by atoms with Gasteiger partial charge < -0.3 is 10.2 Å². The Bertz CT molecular complexity index is 477. The molecular formula is C14H21N3O2S. The van der Waals surface area contributed by atoms with E-state index < -0.39 is 0 Å². The molecule has 1 aromatic rings. The summed E-state index contributed by atoms with van der Waals surface area (Å²) in [6, 6.07) is 5.47. The molecular weight excluding hydrogens is 274 g/mol. The summed E-state index contributed by atoms with van der Waals surface area (Å²) >= 11 is 1.28. The number of nitro groups is 1. The molecule has 0 aliphatic carbocycles. The van der Waals surface area contributed by atoms with Gasteiger partial charge in [-0.3, -0.25) is 10.1 Å². The van der Waals surface area contributed by atoms with E-state index in [1.165, 1.54) is 43.4 Å². The summed E-state index contributed by atoms with van der Waals surface area (Å²) in [4.78, 5) is 14.0. The van der Waals surface area contributed by atoms with Crippen molar-refractivity contribution in [2.24, 2.45) is 0 Å². The molecule has 6 heteroatoms. The molecule has 20 heavy (non-hydrogen) atoms. The zero-order valence-electron chi connectivity index (χ0n) is 11.7. The zero-order valence-corrected chi connectivity index (χ0v) is 12.6. The lowest BCUT2D eigenvalue weighted by molar-refractivity contribution is -0.380. The molecule has 0 saturated carbocycles. The fourth-order valence-corrected chi connectivity index (χ4v) is 4.36. The predicted octanol–water partition coefficient (Wildman–Crippen LogP) is 2.76. The molecule has 3 rings (SSSR count). The number of hydrogen-bond donors (Lipinski definition) is 1. The lowest BCUT2D eigenvalue weighted by Gasteiger charge is -2.47. The molecule has 1 N–H and O–H groups in total. The quantitative estimate of drug-likeness (QED) is 0.685. The highest BCUT2D eigenvalue weighted by molar-refractivity contribution is 7.15. The number of nitrogens with one attached hydrogen (secondary N) is 1. The number of fused-ring (bicyclic) bond motifs is 2. The SMILES string of the molecule is CN1C2CCCC1CC(NCc1ccc([N+](=O)[O-])s1)C2. The molecule has 0 amide bonds. The minimum absolute atomic E-state index is 0.238. The number of nitrogens with zero attached hydrogens (tertiary/aromatic N) is 2. The lowest BCUT2D eigenvalue weighted by Crippen LogP contribution is -2.54. The summed E-state index contributed by atoms with van der Waals surface area (Å²) in [6.45, 7) is 0.756. The molecule has 3 heterocycles. The van der Waals surface area contributed by atoms with E-state index in [0.29, 0.717) is 6.04 Å². The molecule has 110 valence electrons. The Morgan fingerprint density at radius 3 is 2.70 bits per heavy atom. The maximum atomic E-state index is 10.7. The van der Waals surface area contributed by atoms with Gasteiger partial charge in [-0.25, -0.2) is 0 Å². The van der Waals surface area contributed by atoms with Gasteiger partial charge in [-0.2, -0.15) is 0 Å². The van der Waals surface area contributed by atoms with Crippen LogP contribution < -0.4 is 5.32 Å². The van der Waals surface area contributed by atoms with E-state index in [9.17, 15) is 10.1 Å². The van der Waals surface area contributed by atoms with Crippen LogP contribution in [0.2, 0.25) is 0 Å². The third kappa shape index (κ3) is 2.87. The smallest absolute Gasteiger partial charge is 0.309 e. The molecule has 0 radical (unpaired) electrons. The Balaban J connectivity index is 1.55. The van der Waals surface area contributed by atoms with Crippen molar-refractivity contribution in [1.82, 2.24) is 10.2 Å². The van der Waals surface area contributed by atoms with Crippen molar-refractivity contribution in [2.45, 2.75) is 56.8 Å². The molecule has 2 bridgehead atoms. The molecule has 5 nitrogen and oxygen atoms in total. The lowest BCUT2D eigenvalue weighted by atomic mass is 9.82. The van der Waals surface area contributed by atoms with Crippen molar-refractivity contribution in [3.05, 3.63) is 27.1 Å². The molecule has 2 aliphatic rings. The number of piperidine rings is 2. The van der Waals surface area contributed by atoms with Gasteiger partial charge in [-0.1, -0.05) is 17.8 Å². The van der Waals surface area contributed by atoms with E-state index in [1.807, 2.05) is 6.07 Å². The van der Waals surface area contributed by atoms with Crippen LogP contribution in [0.15, 0.2) is 12.1 Å². The van der Waals surface area contributed by atoms with Crippen molar-refractivity contribution in [3.8, 4) is 0 Å². The van der Waals surface area contributed by atoms with Gasteiger partial charge in [0.05, 0.1) is 4.92 Å². The van der Waals surface area contributed by atoms with Crippen LogP contribution in [0.25, 0.3) is 0 Å². The molecule has 0 spiro atoms. The van der Waals surface area contributed by atoms with Gasteiger partial charge in [0.1, 0.15) is 0 Å². The van der Waals surface area contributed by atoms with Crippen LogP contribution in [-0.4, -0.2) is 35.0 Å². The third-order valence-electron chi connectivity index (χ3n) is 4.73. The topological polar surface area (TPSA) is 58.4 Å².